The maximum atomic E-state index is 6.92. The first kappa shape index (κ1) is 22.1. The van der Waals surface area contributed by atoms with E-state index in [0.29, 0.717) is 6.61 Å². The zero-order valence-corrected chi connectivity index (χ0v) is 19.2. The van der Waals surface area contributed by atoms with Crippen LogP contribution in [0.25, 0.3) is 0 Å². The molecule has 0 saturated carbocycles. The molecule has 0 aromatic heterocycles. The predicted octanol–water partition coefficient (Wildman–Crippen LogP) is 6.87. The molecule has 2 aromatic rings. The van der Waals surface area contributed by atoms with Gasteiger partial charge in [-0.05, 0) is 43.2 Å². The highest BCUT2D eigenvalue weighted by Gasteiger charge is 2.63. The highest BCUT2D eigenvalue weighted by atomic mass is 16.8. The lowest BCUT2D eigenvalue weighted by Crippen LogP contribution is -2.68. The molecule has 0 amide bonds. The Hall–Kier alpha value is -1.72. The average Bonchev–Trinajstić information content (AvgIpc) is 2.86. The van der Waals surface area contributed by atoms with Gasteiger partial charge in [0.05, 0.1) is 24.9 Å². The zero-order chi connectivity index (χ0) is 21.9. The van der Waals surface area contributed by atoms with Crippen LogP contribution in [0.4, 0.5) is 0 Å². The molecule has 32 heavy (non-hydrogen) atoms. The van der Waals surface area contributed by atoms with Crippen LogP contribution in [0.5, 0.6) is 0 Å². The van der Waals surface area contributed by atoms with Crippen LogP contribution < -0.4 is 0 Å². The van der Waals surface area contributed by atoms with Gasteiger partial charge in [-0.25, -0.2) is 0 Å². The van der Waals surface area contributed by atoms with E-state index in [1.807, 2.05) is 0 Å². The van der Waals surface area contributed by atoms with Gasteiger partial charge in [-0.1, -0.05) is 80.4 Å². The van der Waals surface area contributed by atoms with E-state index in [1.54, 1.807) is 0 Å². The molecule has 5 rings (SSSR count). The van der Waals surface area contributed by atoms with Crippen LogP contribution in [0.1, 0.15) is 88.0 Å². The van der Waals surface area contributed by atoms with Crippen molar-refractivity contribution >= 4 is 0 Å². The summed E-state index contributed by atoms with van der Waals surface area (Å²) in [6.07, 6.45) is 8.98. The van der Waals surface area contributed by atoms with E-state index in [1.165, 1.54) is 11.1 Å². The second-order valence-corrected chi connectivity index (χ2v) is 9.52. The fraction of sp³-hybridized carbons (Fsp3) is 0.571. The van der Waals surface area contributed by atoms with Crippen molar-refractivity contribution in [1.82, 2.24) is 0 Å². The normalized spacial score (nSPS) is 35.2. The Labute approximate surface area is 192 Å². The molecule has 0 aliphatic carbocycles. The van der Waals surface area contributed by atoms with Gasteiger partial charge in [0.1, 0.15) is 0 Å². The van der Waals surface area contributed by atoms with Crippen molar-refractivity contribution in [1.29, 1.82) is 0 Å². The van der Waals surface area contributed by atoms with Crippen LogP contribution in [0.15, 0.2) is 60.7 Å². The molecule has 3 aliphatic heterocycles. The van der Waals surface area contributed by atoms with Crippen molar-refractivity contribution in [3.8, 4) is 0 Å². The lowest BCUT2D eigenvalue weighted by atomic mass is 9.84. The number of hydrogen-bond acceptors (Lipinski definition) is 4. The van der Waals surface area contributed by atoms with Gasteiger partial charge in [0.25, 0.3) is 0 Å². The van der Waals surface area contributed by atoms with E-state index in [-0.39, 0.29) is 18.3 Å². The molecule has 3 saturated heterocycles. The predicted molar refractivity (Wildman–Crippen MR) is 124 cm³/mol. The Kier molecular flexibility index (Phi) is 6.66. The molecular formula is C28H36O4. The number of rotatable bonds is 5. The Morgan fingerprint density at radius 2 is 1.31 bits per heavy atom. The number of fused-ring (bicyclic) bond motifs is 1. The summed E-state index contributed by atoms with van der Waals surface area (Å²) in [5, 5.41) is 0. The Bertz CT molecular complexity index is 856. The summed E-state index contributed by atoms with van der Waals surface area (Å²) in [4.78, 5) is 0. The van der Waals surface area contributed by atoms with Gasteiger partial charge in [0, 0.05) is 12.8 Å². The smallest absolute Gasteiger partial charge is 0.224 e. The topological polar surface area (TPSA) is 36.9 Å². The van der Waals surface area contributed by atoms with Crippen molar-refractivity contribution in [2.75, 3.05) is 6.61 Å². The molecular weight excluding hydrogens is 400 g/mol. The van der Waals surface area contributed by atoms with E-state index >= 15 is 0 Å². The third kappa shape index (κ3) is 4.26. The molecule has 172 valence electrons. The zero-order valence-electron chi connectivity index (χ0n) is 19.2. The fourth-order valence-electron chi connectivity index (χ4n) is 5.60. The monoisotopic (exact) mass is 436 g/mol. The molecule has 4 heteroatoms. The number of ether oxygens (including phenoxy) is 4. The first-order valence-corrected chi connectivity index (χ1v) is 12.5. The van der Waals surface area contributed by atoms with Crippen molar-refractivity contribution in [3.05, 3.63) is 71.8 Å². The van der Waals surface area contributed by atoms with Crippen LogP contribution >= 0.6 is 0 Å². The summed E-state index contributed by atoms with van der Waals surface area (Å²) in [7, 11) is 0. The molecule has 2 spiro atoms. The molecule has 2 aromatic carbocycles. The SMILES string of the molecule is CCCC[C@H]1CO[C@@]2(CCC[C@H](c3ccccc3)O2)[C@]2(CCC[C@H](c3ccccc3)O2)O1. The minimum absolute atomic E-state index is 0.00156. The van der Waals surface area contributed by atoms with Crippen molar-refractivity contribution < 1.29 is 18.9 Å². The minimum atomic E-state index is -0.865. The molecule has 0 radical (unpaired) electrons. The summed E-state index contributed by atoms with van der Waals surface area (Å²) in [6.45, 7) is 2.79. The summed E-state index contributed by atoms with van der Waals surface area (Å²) < 4.78 is 27.3. The van der Waals surface area contributed by atoms with Gasteiger partial charge in [-0.2, -0.15) is 0 Å². The standard InChI is InChI=1S/C28H36O4/c1-2-3-16-24-21-29-27(19-10-17-25(31-27)22-12-6-4-7-13-22)28(30-24)20-11-18-26(32-28)23-14-8-5-9-15-23/h4-9,12-15,24-26H,2-3,10-11,16-21H2,1H3/t24-,25+,26+,27+,28+/m0/s1. The van der Waals surface area contributed by atoms with E-state index in [9.17, 15) is 0 Å². The van der Waals surface area contributed by atoms with E-state index < -0.39 is 11.6 Å². The lowest BCUT2D eigenvalue weighted by Gasteiger charge is -2.58. The van der Waals surface area contributed by atoms with Gasteiger partial charge in [0.2, 0.25) is 11.6 Å². The highest BCUT2D eigenvalue weighted by Crippen LogP contribution is 2.54. The van der Waals surface area contributed by atoms with Crippen molar-refractivity contribution in [2.45, 2.75) is 94.6 Å². The quantitative estimate of drug-likeness (QED) is 0.513. The van der Waals surface area contributed by atoms with E-state index in [2.05, 4.69) is 67.6 Å². The van der Waals surface area contributed by atoms with Gasteiger partial charge in [-0.15, -0.1) is 0 Å². The molecule has 3 fully saturated rings. The van der Waals surface area contributed by atoms with Crippen LogP contribution in [-0.4, -0.2) is 24.3 Å². The third-order valence-electron chi connectivity index (χ3n) is 7.27. The van der Waals surface area contributed by atoms with E-state index in [0.717, 1.165) is 57.8 Å². The van der Waals surface area contributed by atoms with Crippen molar-refractivity contribution in [2.24, 2.45) is 0 Å². The molecule has 0 unspecified atom stereocenters. The number of hydrogen-bond donors (Lipinski definition) is 0. The molecule has 3 aliphatic rings. The Morgan fingerprint density at radius 3 is 1.91 bits per heavy atom. The van der Waals surface area contributed by atoms with Crippen LogP contribution in [-0.2, 0) is 18.9 Å². The maximum Gasteiger partial charge on any atom is 0.224 e. The first-order chi connectivity index (χ1) is 15.7. The van der Waals surface area contributed by atoms with Gasteiger partial charge >= 0.3 is 0 Å². The van der Waals surface area contributed by atoms with Gasteiger partial charge in [0.15, 0.2) is 0 Å². The minimum Gasteiger partial charge on any atom is -0.343 e. The van der Waals surface area contributed by atoms with Crippen molar-refractivity contribution in [3.63, 3.8) is 0 Å². The molecule has 0 bridgehead atoms. The summed E-state index contributed by atoms with van der Waals surface area (Å²) in [5.74, 6) is -1.72. The summed E-state index contributed by atoms with van der Waals surface area (Å²) in [5.41, 5.74) is 2.41. The first-order valence-electron chi connectivity index (χ1n) is 12.5. The maximum absolute atomic E-state index is 6.92. The fourth-order valence-corrected chi connectivity index (χ4v) is 5.60. The molecule has 3 heterocycles. The van der Waals surface area contributed by atoms with Gasteiger partial charge in [-0.3, -0.25) is 0 Å². The van der Waals surface area contributed by atoms with Crippen LogP contribution in [0.3, 0.4) is 0 Å². The summed E-state index contributed by atoms with van der Waals surface area (Å²) >= 11 is 0. The molecule has 0 N–H and O–H groups in total. The van der Waals surface area contributed by atoms with E-state index in [4.69, 9.17) is 18.9 Å². The molecule has 5 atom stereocenters. The average molecular weight is 437 g/mol. The molecule has 4 nitrogen and oxygen atoms in total. The number of unbranched alkanes of at least 4 members (excludes halogenated alkanes) is 1. The second kappa shape index (κ2) is 9.64. The van der Waals surface area contributed by atoms with Crippen LogP contribution in [0, 0.1) is 0 Å². The Morgan fingerprint density at radius 1 is 0.750 bits per heavy atom. The lowest BCUT2D eigenvalue weighted by molar-refractivity contribution is -0.483. The van der Waals surface area contributed by atoms with Gasteiger partial charge < -0.3 is 18.9 Å². The second-order valence-electron chi connectivity index (χ2n) is 9.52. The van der Waals surface area contributed by atoms with Crippen LogP contribution in [0.2, 0.25) is 0 Å². The highest BCUT2D eigenvalue weighted by molar-refractivity contribution is 5.20. The largest absolute Gasteiger partial charge is 0.343 e. The summed E-state index contributed by atoms with van der Waals surface area (Å²) in [6, 6.07) is 21.1. The number of benzene rings is 2. The third-order valence-corrected chi connectivity index (χ3v) is 7.27. The Balaban J connectivity index is 1.46.